The third-order valence-electron chi connectivity index (χ3n) is 9.91. The Morgan fingerprint density at radius 3 is 2.27 bits per heavy atom. The number of carboxylic acids is 1. The summed E-state index contributed by atoms with van der Waals surface area (Å²) >= 11 is 0. The lowest BCUT2D eigenvalue weighted by molar-refractivity contribution is -0.192. The molecule has 4 fully saturated rings. The van der Waals surface area contributed by atoms with Crippen molar-refractivity contribution in [3.8, 4) is 0 Å². The van der Waals surface area contributed by atoms with Crippen molar-refractivity contribution in [2.45, 2.75) is 115 Å². The first kappa shape index (κ1) is 34.0. The molecule has 5 rings (SSSR count). The van der Waals surface area contributed by atoms with E-state index >= 15 is 0 Å². The summed E-state index contributed by atoms with van der Waals surface area (Å²) in [6.45, 7) is 8.59. The third-order valence-corrected chi connectivity index (χ3v) is 9.91. The van der Waals surface area contributed by atoms with Gasteiger partial charge < -0.3 is 19.6 Å². The van der Waals surface area contributed by atoms with Gasteiger partial charge in [-0.25, -0.2) is 9.59 Å². The molecule has 12 heteroatoms. The lowest BCUT2D eigenvalue weighted by Gasteiger charge is -2.46. The molecule has 2 amide bonds. The molecule has 0 radical (unpaired) electrons. The monoisotopic (exact) mass is 624 g/mol. The van der Waals surface area contributed by atoms with Gasteiger partial charge in [0.05, 0.1) is 11.6 Å². The fourth-order valence-corrected chi connectivity index (χ4v) is 7.40. The summed E-state index contributed by atoms with van der Waals surface area (Å²) in [5, 5.41) is 7.12. The predicted molar refractivity (Wildman–Crippen MR) is 158 cm³/mol. The van der Waals surface area contributed by atoms with Gasteiger partial charge in [0.2, 0.25) is 0 Å². The van der Waals surface area contributed by atoms with Crippen LogP contribution in [0.1, 0.15) is 100 Å². The Labute approximate surface area is 258 Å². The molecular weight excluding hydrogens is 577 g/mol. The summed E-state index contributed by atoms with van der Waals surface area (Å²) in [5.74, 6) is -2.01. The van der Waals surface area contributed by atoms with Crippen molar-refractivity contribution in [2.24, 2.45) is 5.92 Å². The number of piperidine rings is 2. The number of alkyl halides is 3. The maximum atomic E-state index is 13.2. The average Bonchev–Trinajstić information content (AvgIpc) is 3.25. The molecule has 4 aliphatic rings. The van der Waals surface area contributed by atoms with Gasteiger partial charge in [-0.15, -0.1) is 0 Å². The zero-order valence-electron chi connectivity index (χ0n) is 26.0. The molecule has 9 nitrogen and oxygen atoms in total. The Morgan fingerprint density at radius 2 is 1.70 bits per heavy atom. The van der Waals surface area contributed by atoms with Crippen molar-refractivity contribution in [1.82, 2.24) is 19.7 Å². The highest BCUT2D eigenvalue weighted by molar-refractivity contribution is 5.95. The van der Waals surface area contributed by atoms with E-state index in [0.717, 1.165) is 88.9 Å². The number of hydrogen-bond donors (Lipinski definition) is 1. The number of rotatable bonds is 7. The first-order valence-electron chi connectivity index (χ1n) is 16.2. The predicted octanol–water partition coefficient (Wildman–Crippen LogP) is 6.05. The van der Waals surface area contributed by atoms with E-state index in [9.17, 15) is 22.8 Å². The molecule has 1 unspecified atom stereocenters. The standard InChI is InChI=1S/C30H46N4O3.C2HF3O2/c1-3-4-12-27-30(37-29(36)34(27)22-24-9-6-5-7-10-24)15-20-32(21-16-30)25-13-18-33(19-14-25)28(35)26-11-8-17-31-23(26)2;3-2(4,5)1(6)7/h8,11,17,24-25,27H,3-7,9-10,12-16,18-22H2,1-2H3;(H,6,7). The molecular formula is C32H47F3N4O5. The molecule has 0 bridgehead atoms. The molecule has 3 saturated heterocycles. The number of unbranched alkanes of at least 4 members (excludes halogenated alkanes) is 1. The van der Waals surface area contributed by atoms with Gasteiger partial charge in [-0.1, -0.05) is 39.0 Å². The van der Waals surface area contributed by atoms with Gasteiger partial charge in [0.25, 0.3) is 5.91 Å². The van der Waals surface area contributed by atoms with E-state index in [1.165, 1.54) is 32.1 Å². The highest BCUT2D eigenvalue weighted by Crippen LogP contribution is 2.43. The van der Waals surface area contributed by atoms with E-state index in [0.29, 0.717) is 12.0 Å². The fourth-order valence-electron chi connectivity index (χ4n) is 7.40. The summed E-state index contributed by atoms with van der Waals surface area (Å²) in [6.07, 6.45) is 10.3. The highest BCUT2D eigenvalue weighted by Gasteiger charge is 2.55. The Bertz CT molecular complexity index is 1130. The summed E-state index contributed by atoms with van der Waals surface area (Å²) in [7, 11) is 0. The van der Waals surface area contributed by atoms with E-state index in [1.807, 2.05) is 24.0 Å². The van der Waals surface area contributed by atoms with E-state index in [-0.39, 0.29) is 23.6 Å². The number of likely N-dealkylation sites (tertiary alicyclic amines) is 2. The molecule has 1 spiro atoms. The van der Waals surface area contributed by atoms with Crippen molar-refractivity contribution in [3.63, 3.8) is 0 Å². The van der Waals surface area contributed by atoms with Gasteiger partial charge in [-0.2, -0.15) is 13.2 Å². The Hall–Kier alpha value is -2.89. The quantitative estimate of drug-likeness (QED) is 0.394. The van der Waals surface area contributed by atoms with Crippen LogP contribution in [0.25, 0.3) is 0 Å². The van der Waals surface area contributed by atoms with Gasteiger partial charge in [0, 0.05) is 63.5 Å². The lowest BCUT2D eigenvalue weighted by Crippen LogP contribution is -2.56. The SMILES string of the molecule is CCCCC1N(CC2CCCCC2)C(=O)OC12CCN(C1CCN(C(=O)c3cccnc3C)CC1)CC2.O=C(O)C(F)(F)F. The molecule has 44 heavy (non-hydrogen) atoms. The zero-order chi connectivity index (χ0) is 31.9. The molecule has 246 valence electrons. The van der Waals surface area contributed by atoms with Gasteiger partial charge in [0.15, 0.2) is 0 Å². The van der Waals surface area contributed by atoms with Crippen molar-refractivity contribution in [2.75, 3.05) is 32.7 Å². The Kier molecular flexibility index (Phi) is 11.5. The van der Waals surface area contributed by atoms with Gasteiger partial charge in [-0.05, 0) is 57.1 Å². The van der Waals surface area contributed by atoms with Crippen molar-refractivity contribution in [3.05, 3.63) is 29.6 Å². The summed E-state index contributed by atoms with van der Waals surface area (Å²) in [6, 6.07) is 4.46. The number of aliphatic carboxylic acids is 1. The maximum absolute atomic E-state index is 13.2. The van der Waals surface area contributed by atoms with Crippen LogP contribution in [0, 0.1) is 12.8 Å². The van der Waals surface area contributed by atoms with Crippen LogP contribution in [-0.2, 0) is 9.53 Å². The number of amides is 2. The highest BCUT2D eigenvalue weighted by atomic mass is 19.4. The van der Waals surface area contributed by atoms with E-state index in [1.54, 1.807) is 6.20 Å². The number of carboxylic acid groups (broad SMARTS) is 1. The summed E-state index contributed by atoms with van der Waals surface area (Å²) in [5.41, 5.74) is 1.21. The van der Waals surface area contributed by atoms with Crippen LogP contribution in [0.5, 0.6) is 0 Å². The molecule has 1 aromatic rings. The number of hydrogen-bond acceptors (Lipinski definition) is 6. The number of halogens is 3. The van der Waals surface area contributed by atoms with E-state index < -0.39 is 12.1 Å². The van der Waals surface area contributed by atoms with Crippen LogP contribution in [0.4, 0.5) is 18.0 Å². The van der Waals surface area contributed by atoms with E-state index in [2.05, 4.69) is 21.7 Å². The number of nitrogens with zero attached hydrogens (tertiary/aromatic N) is 4. The molecule has 4 heterocycles. The minimum absolute atomic E-state index is 0.0577. The first-order valence-corrected chi connectivity index (χ1v) is 16.2. The number of aromatic nitrogens is 1. The van der Waals surface area contributed by atoms with Gasteiger partial charge in [0.1, 0.15) is 5.60 Å². The third kappa shape index (κ3) is 8.22. The van der Waals surface area contributed by atoms with Crippen LogP contribution >= 0.6 is 0 Å². The molecule has 1 saturated carbocycles. The summed E-state index contributed by atoms with van der Waals surface area (Å²) < 4.78 is 38.0. The van der Waals surface area contributed by atoms with Crippen molar-refractivity contribution >= 4 is 18.0 Å². The molecule has 0 aromatic carbocycles. The van der Waals surface area contributed by atoms with Crippen molar-refractivity contribution < 1.29 is 37.4 Å². The second-order valence-corrected chi connectivity index (χ2v) is 12.7. The molecule has 1 aliphatic carbocycles. The topological polar surface area (TPSA) is 103 Å². The Morgan fingerprint density at radius 1 is 1.07 bits per heavy atom. The number of aryl methyl sites for hydroxylation is 1. The van der Waals surface area contributed by atoms with Gasteiger partial charge in [-0.3, -0.25) is 14.7 Å². The number of carbonyl (C=O) groups is 3. The summed E-state index contributed by atoms with van der Waals surface area (Å²) in [4.78, 5) is 46.1. The minimum atomic E-state index is -5.08. The first-order chi connectivity index (χ1) is 20.9. The number of ether oxygens (including phenoxy) is 1. The lowest BCUT2D eigenvalue weighted by atomic mass is 9.80. The molecule has 1 N–H and O–H groups in total. The normalized spacial score (nSPS) is 23.3. The number of pyridine rings is 1. The number of carbonyl (C=O) groups excluding carboxylic acids is 2. The minimum Gasteiger partial charge on any atom is -0.475 e. The van der Waals surface area contributed by atoms with Crippen LogP contribution in [-0.4, -0.2) is 99.3 Å². The Balaban J connectivity index is 0.000000566. The largest absolute Gasteiger partial charge is 0.490 e. The van der Waals surface area contributed by atoms with Crippen molar-refractivity contribution in [1.29, 1.82) is 0 Å². The second-order valence-electron chi connectivity index (χ2n) is 12.7. The zero-order valence-corrected chi connectivity index (χ0v) is 26.0. The molecule has 1 atom stereocenters. The van der Waals surface area contributed by atoms with Crippen LogP contribution < -0.4 is 0 Å². The smallest absolute Gasteiger partial charge is 0.475 e. The van der Waals surface area contributed by atoms with Crippen LogP contribution in [0.2, 0.25) is 0 Å². The van der Waals surface area contributed by atoms with Crippen LogP contribution in [0.15, 0.2) is 18.3 Å². The fraction of sp³-hybridized carbons (Fsp3) is 0.750. The van der Waals surface area contributed by atoms with Gasteiger partial charge >= 0.3 is 18.2 Å². The van der Waals surface area contributed by atoms with Crippen LogP contribution in [0.3, 0.4) is 0 Å². The average molecular weight is 625 g/mol. The second kappa shape index (κ2) is 14.9. The van der Waals surface area contributed by atoms with E-state index in [4.69, 9.17) is 14.6 Å². The maximum Gasteiger partial charge on any atom is 0.490 e. The molecule has 1 aromatic heterocycles. The molecule has 3 aliphatic heterocycles.